The van der Waals surface area contributed by atoms with Crippen LogP contribution in [0.5, 0.6) is 11.5 Å². The van der Waals surface area contributed by atoms with Gasteiger partial charge in [-0.05, 0) is 37.6 Å². The van der Waals surface area contributed by atoms with E-state index in [1.165, 1.54) is 26.4 Å². The predicted octanol–water partition coefficient (Wildman–Crippen LogP) is 3.34. The third-order valence-corrected chi connectivity index (χ3v) is 3.68. The molecule has 1 rings (SSSR count). The highest BCUT2D eigenvalue weighted by molar-refractivity contribution is 6.32. The van der Waals surface area contributed by atoms with Crippen molar-refractivity contribution in [3.63, 3.8) is 0 Å². The Hall–Kier alpha value is -2.47. The highest BCUT2D eigenvalue weighted by Gasteiger charge is 2.13. The van der Waals surface area contributed by atoms with Gasteiger partial charge in [0.1, 0.15) is 0 Å². The molecule has 0 spiro atoms. The van der Waals surface area contributed by atoms with Crippen LogP contribution in [0.1, 0.15) is 19.4 Å². The maximum Gasteiger partial charge on any atom is 0.331 e. The molecule has 1 aromatic rings. The molecule has 1 aromatic carbocycles. The van der Waals surface area contributed by atoms with Gasteiger partial charge in [-0.25, -0.2) is 4.79 Å². The van der Waals surface area contributed by atoms with E-state index >= 15 is 0 Å². The molecule has 0 aromatic heterocycles. The van der Waals surface area contributed by atoms with E-state index < -0.39 is 5.97 Å². The lowest BCUT2D eigenvalue weighted by molar-refractivity contribution is -0.147. The number of nitrogens with zero attached hydrogens (tertiary/aromatic N) is 1. The second kappa shape index (κ2) is 10.5. The van der Waals surface area contributed by atoms with Crippen molar-refractivity contribution < 1.29 is 23.8 Å². The van der Waals surface area contributed by atoms with Gasteiger partial charge in [-0.15, -0.1) is 0 Å². The molecule has 0 N–H and O–H groups in total. The van der Waals surface area contributed by atoms with Gasteiger partial charge in [-0.1, -0.05) is 23.8 Å². The van der Waals surface area contributed by atoms with E-state index in [4.69, 9.17) is 25.8 Å². The number of likely N-dealkylation sites (N-methyl/N-ethyl adjacent to an activating group) is 1. The highest BCUT2D eigenvalue weighted by Crippen LogP contribution is 2.36. The standard InChI is InChI=1S/C19H24ClNO5/c1-6-21(11-13(2)3)17(22)12-26-18(23)8-7-14-9-15(20)19(25-5)16(10-14)24-4/h7-10H,2,6,11-12H2,1,3-5H3/b8-7+. The maximum atomic E-state index is 12.0. The fourth-order valence-corrected chi connectivity index (χ4v) is 2.47. The fourth-order valence-electron chi connectivity index (χ4n) is 2.17. The average molecular weight is 382 g/mol. The first-order chi connectivity index (χ1) is 12.3. The molecule has 0 aliphatic rings. The maximum absolute atomic E-state index is 12.0. The number of carbonyl (C=O) groups excluding carboxylic acids is 2. The van der Waals surface area contributed by atoms with Crippen LogP contribution in [0.15, 0.2) is 30.4 Å². The van der Waals surface area contributed by atoms with Gasteiger partial charge in [0.25, 0.3) is 5.91 Å². The molecule has 142 valence electrons. The number of carbonyl (C=O) groups is 2. The van der Waals surface area contributed by atoms with Crippen LogP contribution < -0.4 is 9.47 Å². The minimum absolute atomic E-state index is 0.272. The summed E-state index contributed by atoms with van der Waals surface area (Å²) in [6.45, 7) is 8.09. The normalized spacial score (nSPS) is 10.5. The van der Waals surface area contributed by atoms with Crippen LogP contribution in [0.3, 0.4) is 0 Å². The lowest BCUT2D eigenvalue weighted by Gasteiger charge is -2.20. The quantitative estimate of drug-likeness (QED) is 0.373. The minimum Gasteiger partial charge on any atom is -0.493 e. The Bertz CT molecular complexity index is 699. The van der Waals surface area contributed by atoms with Crippen molar-refractivity contribution in [2.45, 2.75) is 13.8 Å². The molecule has 1 amide bonds. The van der Waals surface area contributed by atoms with E-state index in [0.717, 1.165) is 5.57 Å². The molecule has 0 fully saturated rings. The van der Waals surface area contributed by atoms with E-state index in [0.29, 0.717) is 35.2 Å². The summed E-state index contributed by atoms with van der Waals surface area (Å²) in [4.78, 5) is 25.4. The molecule has 0 atom stereocenters. The molecule has 7 heteroatoms. The first kappa shape index (κ1) is 21.6. The predicted molar refractivity (Wildman–Crippen MR) is 102 cm³/mol. The summed E-state index contributed by atoms with van der Waals surface area (Å²) in [5.74, 6) is -0.0414. The SMILES string of the molecule is C=C(C)CN(CC)C(=O)COC(=O)/C=C/c1cc(Cl)c(OC)c(OC)c1. The summed E-state index contributed by atoms with van der Waals surface area (Å²) in [6.07, 6.45) is 2.74. The van der Waals surface area contributed by atoms with Gasteiger partial charge in [-0.3, -0.25) is 4.79 Å². The smallest absolute Gasteiger partial charge is 0.331 e. The van der Waals surface area contributed by atoms with Crippen molar-refractivity contribution >= 4 is 29.6 Å². The number of amides is 1. The Balaban J connectivity index is 2.69. The van der Waals surface area contributed by atoms with Crippen LogP contribution in [0.2, 0.25) is 5.02 Å². The Labute approximate surface area is 159 Å². The van der Waals surface area contributed by atoms with Gasteiger partial charge in [0, 0.05) is 19.2 Å². The van der Waals surface area contributed by atoms with Crippen LogP contribution in [0.4, 0.5) is 0 Å². The van der Waals surface area contributed by atoms with E-state index in [-0.39, 0.29) is 12.5 Å². The first-order valence-corrected chi connectivity index (χ1v) is 8.38. The second-order valence-corrected chi connectivity index (χ2v) is 5.95. The Kier molecular flexibility index (Phi) is 8.72. The number of hydrogen-bond donors (Lipinski definition) is 0. The molecule has 0 saturated carbocycles. The zero-order valence-electron chi connectivity index (χ0n) is 15.5. The highest BCUT2D eigenvalue weighted by atomic mass is 35.5. The van der Waals surface area contributed by atoms with Crippen molar-refractivity contribution in [3.05, 3.63) is 40.9 Å². The van der Waals surface area contributed by atoms with E-state index in [1.54, 1.807) is 17.0 Å². The molecule has 0 heterocycles. The molecular weight excluding hydrogens is 358 g/mol. The summed E-state index contributed by atoms with van der Waals surface area (Å²) in [7, 11) is 2.98. The van der Waals surface area contributed by atoms with Crippen LogP contribution in [-0.4, -0.2) is 50.7 Å². The van der Waals surface area contributed by atoms with Gasteiger partial charge in [0.15, 0.2) is 18.1 Å². The monoisotopic (exact) mass is 381 g/mol. The van der Waals surface area contributed by atoms with E-state index in [1.807, 2.05) is 13.8 Å². The fraction of sp³-hybridized carbons (Fsp3) is 0.368. The van der Waals surface area contributed by atoms with Crippen LogP contribution >= 0.6 is 11.6 Å². The molecule has 0 aliphatic carbocycles. The lowest BCUT2D eigenvalue weighted by Crippen LogP contribution is -2.35. The topological polar surface area (TPSA) is 65.1 Å². The van der Waals surface area contributed by atoms with Gasteiger partial charge < -0.3 is 19.1 Å². The number of ether oxygens (including phenoxy) is 3. The molecule has 0 saturated heterocycles. The lowest BCUT2D eigenvalue weighted by atomic mass is 10.2. The number of halogens is 1. The van der Waals surface area contributed by atoms with Crippen LogP contribution in [0.25, 0.3) is 6.08 Å². The van der Waals surface area contributed by atoms with Crippen molar-refractivity contribution in [2.75, 3.05) is 33.9 Å². The summed E-state index contributed by atoms with van der Waals surface area (Å²) >= 11 is 6.11. The second-order valence-electron chi connectivity index (χ2n) is 5.54. The Morgan fingerprint density at radius 3 is 2.50 bits per heavy atom. The molecule has 0 radical (unpaired) electrons. The third kappa shape index (κ3) is 6.44. The number of hydrogen-bond acceptors (Lipinski definition) is 5. The van der Waals surface area contributed by atoms with Gasteiger partial charge in [0.2, 0.25) is 0 Å². The zero-order chi connectivity index (χ0) is 19.7. The first-order valence-electron chi connectivity index (χ1n) is 8.00. The number of esters is 1. The van der Waals surface area contributed by atoms with Crippen molar-refractivity contribution in [3.8, 4) is 11.5 Å². The summed E-state index contributed by atoms with van der Waals surface area (Å²) in [5, 5.41) is 0.355. The number of benzene rings is 1. The van der Waals surface area contributed by atoms with Gasteiger partial charge in [-0.2, -0.15) is 0 Å². The molecule has 0 aliphatic heterocycles. The van der Waals surface area contributed by atoms with E-state index in [9.17, 15) is 9.59 Å². The largest absolute Gasteiger partial charge is 0.493 e. The molecule has 0 unspecified atom stereocenters. The Morgan fingerprint density at radius 1 is 1.27 bits per heavy atom. The minimum atomic E-state index is -0.629. The van der Waals surface area contributed by atoms with Crippen molar-refractivity contribution in [1.82, 2.24) is 4.90 Å². The summed E-state index contributed by atoms with van der Waals surface area (Å²) in [6, 6.07) is 3.30. The van der Waals surface area contributed by atoms with Crippen molar-refractivity contribution in [2.24, 2.45) is 0 Å². The third-order valence-electron chi connectivity index (χ3n) is 3.40. The van der Waals surface area contributed by atoms with Crippen molar-refractivity contribution in [1.29, 1.82) is 0 Å². The number of methoxy groups -OCH3 is 2. The molecule has 6 nitrogen and oxygen atoms in total. The Morgan fingerprint density at radius 2 is 1.96 bits per heavy atom. The summed E-state index contributed by atoms with van der Waals surface area (Å²) in [5.41, 5.74) is 1.49. The van der Waals surface area contributed by atoms with Gasteiger partial charge in [0.05, 0.1) is 19.2 Å². The van der Waals surface area contributed by atoms with Crippen LogP contribution in [-0.2, 0) is 14.3 Å². The molecule has 0 bridgehead atoms. The van der Waals surface area contributed by atoms with E-state index in [2.05, 4.69) is 6.58 Å². The summed E-state index contributed by atoms with van der Waals surface area (Å²) < 4.78 is 15.3. The average Bonchev–Trinajstić information content (AvgIpc) is 2.61. The van der Waals surface area contributed by atoms with Crippen LogP contribution in [0, 0.1) is 0 Å². The number of rotatable bonds is 9. The molecule has 26 heavy (non-hydrogen) atoms. The van der Waals surface area contributed by atoms with Gasteiger partial charge >= 0.3 is 5.97 Å². The molecular formula is C19H24ClNO5. The zero-order valence-corrected chi connectivity index (χ0v) is 16.3.